The van der Waals surface area contributed by atoms with Crippen molar-refractivity contribution in [3.05, 3.63) is 65.2 Å². The zero-order valence-corrected chi connectivity index (χ0v) is 14.7. The summed E-state index contributed by atoms with van der Waals surface area (Å²) in [6.07, 6.45) is 0. The summed E-state index contributed by atoms with van der Waals surface area (Å²) in [6.45, 7) is 6.31. The molecule has 1 aliphatic rings. The van der Waals surface area contributed by atoms with Crippen LogP contribution in [-0.4, -0.2) is 24.6 Å². The summed E-state index contributed by atoms with van der Waals surface area (Å²) in [7, 11) is 1.66. The van der Waals surface area contributed by atoms with Crippen LogP contribution in [0.5, 0.6) is 0 Å². The van der Waals surface area contributed by atoms with Crippen LogP contribution >= 0.6 is 0 Å². The highest BCUT2D eigenvalue weighted by atomic mass is 16.7. The van der Waals surface area contributed by atoms with E-state index in [1.807, 2.05) is 30.3 Å². The summed E-state index contributed by atoms with van der Waals surface area (Å²) in [5.74, 6) is -0.884. The zero-order chi connectivity index (χ0) is 18.2. The van der Waals surface area contributed by atoms with E-state index >= 15 is 0 Å². The Hall–Kier alpha value is -2.95. The molecule has 0 aliphatic carbocycles. The topological polar surface area (TPSA) is 59.0 Å². The Morgan fingerprint density at radius 3 is 2.32 bits per heavy atom. The number of nitrogens with zero attached hydrogens (tertiary/aromatic N) is 2. The van der Waals surface area contributed by atoms with E-state index in [-0.39, 0.29) is 17.0 Å². The molecule has 0 fully saturated rings. The Kier molecular flexibility index (Phi) is 4.17. The van der Waals surface area contributed by atoms with Crippen LogP contribution in [0.4, 0.5) is 5.69 Å². The molecular formula is C20H20N2O3. The maximum atomic E-state index is 12.3. The lowest BCUT2D eigenvalue weighted by Crippen LogP contribution is -2.25. The van der Waals surface area contributed by atoms with Gasteiger partial charge >= 0.3 is 5.97 Å². The number of fused-ring (bicyclic) bond motifs is 1. The molecule has 0 radical (unpaired) electrons. The molecule has 0 saturated carbocycles. The Labute approximate surface area is 146 Å². The molecule has 2 aromatic carbocycles. The summed E-state index contributed by atoms with van der Waals surface area (Å²) in [5.41, 5.74) is 3.06. The number of carbonyl (C=O) groups is 2. The highest BCUT2D eigenvalue weighted by molar-refractivity contribution is 6.54. The van der Waals surface area contributed by atoms with Gasteiger partial charge in [0.05, 0.1) is 11.3 Å². The first-order chi connectivity index (χ1) is 11.8. The minimum Gasteiger partial charge on any atom is -0.312 e. The molecule has 0 N–H and O–H groups in total. The largest absolute Gasteiger partial charge is 0.365 e. The quantitative estimate of drug-likeness (QED) is 0.623. The Balaban J connectivity index is 1.80. The third-order valence-electron chi connectivity index (χ3n) is 4.23. The summed E-state index contributed by atoms with van der Waals surface area (Å²) in [4.78, 5) is 31.0. The first kappa shape index (κ1) is 16.9. The zero-order valence-electron chi connectivity index (χ0n) is 14.7. The number of hydrogen-bond acceptors (Lipinski definition) is 4. The van der Waals surface area contributed by atoms with E-state index in [1.54, 1.807) is 25.2 Å². The van der Waals surface area contributed by atoms with E-state index in [2.05, 4.69) is 25.9 Å². The minimum atomic E-state index is -0.590. The highest BCUT2D eigenvalue weighted by Gasteiger charge is 2.32. The van der Waals surface area contributed by atoms with E-state index in [1.165, 1.54) is 4.90 Å². The van der Waals surface area contributed by atoms with Crippen molar-refractivity contribution in [3.63, 3.8) is 0 Å². The second-order valence-electron chi connectivity index (χ2n) is 7.03. The first-order valence-corrected chi connectivity index (χ1v) is 8.06. The van der Waals surface area contributed by atoms with E-state index < -0.39 is 5.97 Å². The summed E-state index contributed by atoms with van der Waals surface area (Å²) >= 11 is 0. The number of benzene rings is 2. The van der Waals surface area contributed by atoms with Crippen LogP contribution in [0.25, 0.3) is 0 Å². The molecule has 0 bridgehead atoms. The van der Waals surface area contributed by atoms with Gasteiger partial charge in [0.2, 0.25) is 0 Å². The van der Waals surface area contributed by atoms with Crippen molar-refractivity contribution in [3.8, 4) is 0 Å². The SMILES string of the molecule is CN1C(=O)/C(=N/OC(=O)c2ccc(C(C)(C)C)cc2)c2ccccc21. The van der Waals surface area contributed by atoms with Gasteiger partial charge in [0.15, 0.2) is 5.71 Å². The molecule has 25 heavy (non-hydrogen) atoms. The molecule has 0 aromatic heterocycles. The molecule has 0 atom stereocenters. The number of likely N-dealkylation sites (N-methyl/N-ethyl adjacent to an activating group) is 1. The van der Waals surface area contributed by atoms with Crippen molar-refractivity contribution >= 4 is 23.3 Å². The maximum absolute atomic E-state index is 12.3. The smallest absolute Gasteiger partial charge is 0.312 e. The monoisotopic (exact) mass is 336 g/mol. The fourth-order valence-corrected chi connectivity index (χ4v) is 2.68. The van der Waals surface area contributed by atoms with Crippen LogP contribution in [0.15, 0.2) is 53.7 Å². The Bertz CT molecular complexity index is 861. The normalized spacial score (nSPS) is 15.4. The van der Waals surface area contributed by atoms with Crippen LogP contribution in [0, 0.1) is 0 Å². The molecule has 0 spiro atoms. The number of anilines is 1. The molecule has 0 saturated heterocycles. The number of para-hydroxylation sites is 1. The number of carbonyl (C=O) groups excluding carboxylic acids is 2. The van der Waals surface area contributed by atoms with Gasteiger partial charge < -0.3 is 9.74 Å². The van der Waals surface area contributed by atoms with Crippen molar-refractivity contribution in [2.75, 3.05) is 11.9 Å². The van der Waals surface area contributed by atoms with E-state index in [4.69, 9.17) is 4.84 Å². The Morgan fingerprint density at radius 1 is 1.04 bits per heavy atom. The average Bonchev–Trinajstić information content (AvgIpc) is 2.83. The molecule has 1 amide bonds. The van der Waals surface area contributed by atoms with Gasteiger partial charge in [0.1, 0.15) is 0 Å². The van der Waals surface area contributed by atoms with Gasteiger partial charge in [-0.25, -0.2) is 4.79 Å². The van der Waals surface area contributed by atoms with Gasteiger partial charge in [-0.05, 0) is 29.2 Å². The van der Waals surface area contributed by atoms with Gasteiger partial charge in [-0.1, -0.05) is 56.3 Å². The average molecular weight is 336 g/mol. The number of amides is 1. The molecule has 128 valence electrons. The summed E-state index contributed by atoms with van der Waals surface area (Å²) in [6, 6.07) is 14.5. The molecule has 5 nitrogen and oxygen atoms in total. The van der Waals surface area contributed by atoms with Gasteiger partial charge in [-0.2, -0.15) is 0 Å². The van der Waals surface area contributed by atoms with Crippen LogP contribution in [0.2, 0.25) is 0 Å². The summed E-state index contributed by atoms with van der Waals surface area (Å²) < 4.78 is 0. The molecule has 5 heteroatoms. The first-order valence-electron chi connectivity index (χ1n) is 8.06. The number of rotatable bonds is 2. The summed E-state index contributed by atoms with van der Waals surface area (Å²) in [5, 5.41) is 3.82. The van der Waals surface area contributed by atoms with Gasteiger partial charge in [0, 0.05) is 12.6 Å². The molecule has 3 rings (SSSR count). The fourth-order valence-electron chi connectivity index (χ4n) is 2.68. The lowest BCUT2D eigenvalue weighted by atomic mass is 9.87. The molecule has 2 aromatic rings. The van der Waals surface area contributed by atoms with Crippen molar-refractivity contribution in [1.29, 1.82) is 0 Å². The minimum absolute atomic E-state index is 0.00717. The molecular weight excluding hydrogens is 316 g/mol. The second kappa shape index (κ2) is 6.16. The van der Waals surface area contributed by atoms with Gasteiger partial charge in [-0.15, -0.1) is 0 Å². The van der Waals surface area contributed by atoms with Crippen molar-refractivity contribution in [2.24, 2.45) is 5.16 Å². The fraction of sp³-hybridized carbons (Fsp3) is 0.250. The standard InChI is InChI=1S/C20H20N2O3/c1-20(2,3)14-11-9-13(10-12-14)19(24)25-21-17-15-7-5-6-8-16(15)22(4)18(17)23/h5-12H,1-4H3/b21-17+. The third-order valence-corrected chi connectivity index (χ3v) is 4.23. The number of hydrogen-bond donors (Lipinski definition) is 0. The predicted molar refractivity (Wildman–Crippen MR) is 96.9 cm³/mol. The lowest BCUT2D eigenvalue weighted by molar-refractivity contribution is -0.112. The van der Waals surface area contributed by atoms with Crippen LogP contribution < -0.4 is 4.90 Å². The van der Waals surface area contributed by atoms with E-state index in [0.29, 0.717) is 11.1 Å². The lowest BCUT2D eigenvalue weighted by Gasteiger charge is -2.18. The maximum Gasteiger partial charge on any atom is 0.365 e. The molecule has 1 aliphatic heterocycles. The number of oxime groups is 1. The second-order valence-corrected chi connectivity index (χ2v) is 7.03. The van der Waals surface area contributed by atoms with Crippen molar-refractivity contribution < 1.29 is 14.4 Å². The highest BCUT2D eigenvalue weighted by Crippen LogP contribution is 2.27. The molecule has 1 heterocycles. The molecule has 0 unspecified atom stereocenters. The Morgan fingerprint density at radius 2 is 1.68 bits per heavy atom. The van der Waals surface area contributed by atoms with Crippen molar-refractivity contribution in [2.45, 2.75) is 26.2 Å². The van der Waals surface area contributed by atoms with Crippen LogP contribution in [0.1, 0.15) is 42.3 Å². The van der Waals surface area contributed by atoms with Crippen LogP contribution in [-0.2, 0) is 15.0 Å². The third kappa shape index (κ3) is 3.18. The predicted octanol–water partition coefficient (Wildman–Crippen LogP) is 3.52. The van der Waals surface area contributed by atoms with Crippen molar-refractivity contribution in [1.82, 2.24) is 0 Å². The van der Waals surface area contributed by atoms with E-state index in [0.717, 1.165) is 11.3 Å². The van der Waals surface area contributed by atoms with E-state index in [9.17, 15) is 9.59 Å². The van der Waals surface area contributed by atoms with Gasteiger partial charge in [0.25, 0.3) is 5.91 Å². The van der Waals surface area contributed by atoms with Crippen LogP contribution in [0.3, 0.4) is 0 Å². The van der Waals surface area contributed by atoms with Gasteiger partial charge in [-0.3, -0.25) is 4.79 Å².